The fourth-order valence-electron chi connectivity index (χ4n) is 0.757. The van der Waals surface area contributed by atoms with Gasteiger partial charge >= 0.3 is 0 Å². The number of oxime groups is 1. The van der Waals surface area contributed by atoms with Gasteiger partial charge in [-0.05, 0) is 29.8 Å². The lowest BCUT2D eigenvalue weighted by atomic mass is 10.2. The second kappa shape index (κ2) is 3.61. The Hall–Kier alpha value is -1.51. The summed E-state index contributed by atoms with van der Waals surface area (Å²) in [5.41, 5.74) is 0.841. The summed E-state index contributed by atoms with van der Waals surface area (Å²) in [6.07, 6.45) is 1.36. The van der Waals surface area contributed by atoms with E-state index in [0.29, 0.717) is 0 Å². The molecule has 1 aromatic carbocycles. The fourth-order valence-corrected chi connectivity index (χ4v) is 0.757. The maximum Gasteiger partial charge on any atom is 0.118 e. The van der Waals surface area contributed by atoms with Crippen molar-refractivity contribution in [2.75, 3.05) is 7.11 Å². The average molecular weight is 151 g/mol. The van der Waals surface area contributed by atoms with E-state index >= 15 is 0 Å². The van der Waals surface area contributed by atoms with Crippen LogP contribution in [0.3, 0.4) is 0 Å². The van der Waals surface area contributed by atoms with Crippen molar-refractivity contribution in [3.8, 4) is 5.75 Å². The first-order valence-electron chi connectivity index (χ1n) is 3.18. The lowest BCUT2D eigenvalue weighted by Gasteiger charge is -1.97. The molecule has 0 aromatic heterocycles. The molecule has 0 saturated heterocycles. The molecule has 3 nitrogen and oxygen atoms in total. The van der Waals surface area contributed by atoms with Crippen LogP contribution in [0.5, 0.6) is 5.75 Å². The van der Waals surface area contributed by atoms with Gasteiger partial charge in [-0.1, -0.05) is 5.16 Å². The molecule has 0 unspecified atom stereocenters. The number of hydrogen-bond acceptors (Lipinski definition) is 3. The van der Waals surface area contributed by atoms with Crippen LogP contribution >= 0.6 is 0 Å². The largest absolute Gasteiger partial charge is 0.497 e. The molecule has 0 bridgehead atoms. The lowest BCUT2D eigenvalue weighted by Crippen LogP contribution is -1.83. The van der Waals surface area contributed by atoms with Gasteiger partial charge in [0, 0.05) is 0 Å². The Bertz CT molecular complexity index is 241. The van der Waals surface area contributed by atoms with Crippen molar-refractivity contribution in [2.45, 2.75) is 0 Å². The molecule has 0 heterocycles. The van der Waals surface area contributed by atoms with Crippen LogP contribution in [-0.4, -0.2) is 18.5 Å². The normalized spacial score (nSPS) is 10.3. The Labute approximate surface area is 64.9 Å². The maximum absolute atomic E-state index is 8.18. The second-order valence-electron chi connectivity index (χ2n) is 2.02. The Balaban J connectivity index is 2.82. The van der Waals surface area contributed by atoms with Crippen molar-refractivity contribution in [3.05, 3.63) is 29.8 Å². The van der Waals surface area contributed by atoms with Crippen molar-refractivity contribution < 1.29 is 9.94 Å². The van der Waals surface area contributed by atoms with Crippen LogP contribution in [0.1, 0.15) is 5.56 Å². The van der Waals surface area contributed by atoms with Crippen molar-refractivity contribution in [1.29, 1.82) is 0 Å². The van der Waals surface area contributed by atoms with Crippen LogP contribution in [0.2, 0.25) is 0 Å². The quantitative estimate of drug-likeness (QED) is 0.395. The van der Waals surface area contributed by atoms with Crippen LogP contribution in [0.4, 0.5) is 0 Å². The summed E-state index contributed by atoms with van der Waals surface area (Å²) in [4.78, 5) is 0. The molecule has 0 saturated carbocycles. The summed E-state index contributed by atoms with van der Waals surface area (Å²) in [5, 5.41) is 11.1. The Kier molecular flexibility index (Phi) is 2.49. The molecule has 0 spiro atoms. The zero-order valence-electron chi connectivity index (χ0n) is 6.19. The molecular formula is C8H9NO2. The first kappa shape index (κ1) is 7.60. The molecule has 58 valence electrons. The average Bonchev–Trinajstić information content (AvgIpc) is 2.07. The number of hydrogen-bond donors (Lipinski definition) is 1. The predicted octanol–water partition coefficient (Wildman–Crippen LogP) is 1.50. The van der Waals surface area contributed by atoms with Crippen LogP contribution < -0.4 is 4.74 Å². The van der Waals surface area contributed by atoms with Gasteiger partial charge in [-0.3, -0.25) is 0 Å². The maximum atomic E-state index is 8.18. The molecule has 1 N–H and O–H groups in total. The number of ether oxygens (including phenoxy) is 1. The standard InChI is InChI=1S/C8H9NO2/c1-11-8-4-2-7(3-5-8)6-9-10/h2-6,10H,1H3/b9-6-. The molecular weight excluding hydrogens is 142 g/mol. The Morgan fingerprint density at radius 2 is 2.00 bits per heavy atom. The van der Waals surface area contributed by atoms with E-state index in [1.54, 1.807) is 31.4 Å². The smallest absolute Gasteiger partial charge is 0.118 e. The third-order valence-corrected chi connectivity index (χ3v) is 1.32. The van der Waals surface area contributed by atoms with Crippen molar-refractivity contribution in [3.63, 3.8) is 0 Å². The van der Waals surface area contributed by atoms with Gasteiger partial charge in [-0.25, -0.2) is 0 Å². The van der Waals surface area contributed by atoms with E-state index < -0.39 is 0 Å². The molecule has 0 aliphatic rings. The summed E-state index contributed by atoms with van der Waals surface area (Å²) in [7, 11) is 1.61. The highest BCUT2D eigenvalue weighted by atomic mass is 16.5. The minimum atomic E-state index is 0.792. The molecule has 0 amide bonds. The highest BCUT2D eigenvalue weighted by Gasteiger charge is 1.89. The molecule has 0 radical (unpaired) electrons. The van der Waals surface area contributed by atoms with E-state index in [1.807, 2.05) is 0 Å². The van der Waals surface area contributed by atoms with E-state index in [9.17, 15) is 0 Å². The molecule has 0 atom stereocenters. The topological polar surface area (TPSA) is 41.8 Å². The molecule has 0 aliphatic heterocycles. The summed E-state index contributed by atoms with van der Waals surface area (Å²) in [5.74, 6) is 0.792. The molecule has 1 aromatic rings. The van der Waals surface area contributed by atoms with E-state index in [4.69, 9.17) is 9.94 Å². The van der Waals surface area contributed by atoms with Gasteiger partial charge in [0.25, 0.3) is 0 Å². The van der Waals surface area contributed by atoms with Crippen LogP contribution in [-0.2, 0) is 0 Å². The SMILES string of the molecule is COc1ccc(/C=N\O)cc1. The van der Waals surface area contributed by atoms with Crippen LogP contribution in [0, 0.1) is 0 Å². The minimum Gasteiger partial charge on any atom is -0.497 e. The molecule has 1 rings (SSSR count). The summed E-state index contributed by atoms with van der Waals surface area (Å²) >= 11 is 0. The number of methoxy groups -OCH3 is 1. The van der Waals surface area contributed by atoms with E-state index in [0.717, 1.165) is 11.3 Å². The Morgan fingerprint density at radius 1 is 1.36 bits per heavy atom. The fraction of sp³-hybridized carbons (Fsp3) is 0.125. The molecule has 0 fully saturated rings. The first-order valence-corrected chi connectivity index (χ1v) is 3.18. The number of rotatable bonds is 2. The van der Waals surface area contributed by atoms with Gasteiger partial charge in [0.2, 0.25) is 0 Å². The van der Waals surface area contributed by atoms with Crippen molar-refractivity contribution in [2.24, 2.45) is 5.16 Å². The number of nitrogens with zero attached hydrogens (tertiary/aromatic N) is 1. The van der Waals surface area contributed by atoms with Crippen LogP contribution in [0.15, 0.2) is 29.4 Å². The first-order chi connectivity index (χ1) is 5.36. The van der Waals surface area contributed by atoms with E-state index in [2.05, 4.69) is 5.16 Å². The minimum absolute atomic E-state index is 0.792. The highest BCUT2D eigenvalue weighted by Crippen LogP contribution is 2.09. The van der Waals surface area contributed by atoms with Crippen LogP contribution in [0.25, 0.3) is 0 Å². The van der Waals surface area contributed by atoms with Crippen molar-refractivity contribution >= 4 is 6.21 Å². The van der Waals surface area contributed by atoms with Gasteiger partial charge in [-0.15, -0.1) is 0 Å². The zero-order valence-corrected chi connectivity index (χ0v) is 6.19. The second-order valence-corrected chi connectivity index (χ2v) is 2.02. The summed E-state index contributed by atoms with van der Waals surface area (Å²) < 4.78 is 4.94. The molecule has 0 aliphatic carbocycles. The third kappa shape index (κ3) is 1.97. The van der Waals surface area contributed by atoms with E-state index in [-0.39, 0.29) is 0 Å². The van der Waals surface area contributed by atoms with Gasteiger partial charge in [0.05, 0.1) is 13.3 Å². The molecule has 11 heavy (non-hydrogen) atoms. The van der Waals surface area contributed by atoms with Gasteiger partial charge in [0.15, 0.2) is 0 Å². The zero-order chi connectivity index (χ0) is 8.10. The van der Waals surface area contributed by atoms with E-state index in [1.165, 1.54) is 6.21 Å². The number of benzene rings is 1. The Morgan fingerprint density at radius 3 is 2.45 bits per heavy atom. The molecule has 3 heteroatoms. The van der Waals surface area contributed by atoms with Crippen molar-refractivity contribution in [1.82, 2.24) is 0 Å². The highest BCUT2D eigenvalue weighted by molar-refractivity contribution is 5.79. The third-order valence-electron chi connectivity index (χ3n) is 1.32. The lowest BCUT2D eigenvalue weighted by molar-refractivity contribution is 0.322. The monoisotopic (exact) mass is 151 g/mol. The summed E-state index contributed by atoms with van der Waals surface area (Å²) in [6.45, 7) is 0. The predicted molar refractivity (Wildman–Crippen MR) is 42.4 cm³/mol. The van der Waals surface area contributed by atoms with Gasteiger partial charge < -0.3 is 9.94 Å². The van der Waals surface area contributed by atoms with Gasteiger partial charge in [-0.2, -0.15) is 0 Å². The summed E-state index contributed by atoms with van der Waals surface area (Å²) in [6, 6.07) is 7.21. The van der Waals surface area contributed by atoms with Gasteiger partial charge in [0.1, 0.15) is 5.75 Å².